The molecule has 1 heterocycles. The minimum atomic E-state index is 0.181. The molecule has 0 saturated carbocycles. The van der Waals surface area contributed by atoms with Gasteiger partial charge in [-0.1, -0.05) is 5.16 Å². The average Bonchev–Trinajstić information content (AvgIpc) is 2.97. The van der Waals surface area contributed by atoms with Gasteiger partial charge in [-0.15, -0.1) is 0 Å². The fourth-order valence-electron chi connectivity index (χ4n) is 2.42. The van der Waals surface area contributed by atoms with Crippen LogP contribution in [0.3, 0.4) is 0 Å². The van der Waals surface area contributed by atoms with Crippen LogP contribution in [0.4, 0.5) is 0 Å². The molecule has 1 N–H and O–H groups in total. The number of benzene rings is 1. The fourth-order valence-corrected chi connectivity index (χ4v) is 2.42. The predicted octanol–water partition coefficient (Wildman–Crippen LogP) is 1.98. The van der Waals surface area contributed by atoms with Crippen LogP contribution < -0.4 is 4.74 Å². The fraction of sp³-hybridized carbons (Fsp3) is 0.462. The van der Waals surface area contributed by atoms with E-state index in [0.29, 0.717) is 6.61 Å². The summed E-state index contributed by atoms with van der Waals surface area (Å²) < 4.78 is 11.1. The maximum atomic E-state index is 8.85. The van der Waals surface area contributed by atoms with Crippen LogP contribution in [0, 0.1) is 0 Å². The standard InChI is InChI=1S/C13H15NO3/c15-14-13-4-1-9-7-10(2-3-12(9)13)17-11-5-6-16-8-11/h2-3,7,11,15H,1,4-6,8H2/b14-13-. The zero-order valence-electron chi connectivity index (χ0n) is 9.56. The van der Waals surface area contributed by atoms with E-state index in [1.807, 2.05) is 18.2 Å². The number of ether oxygens (including phenoxy) is 2. The second-order valence-electron chi connectivity index (χ2n) is 4.47. The maximum Gasteiger partial charge on any atom is 0.124 e. The van der Waals surface area contributed by atoms with Gasteiger partial charge >= 0.3 is 0 Å². The molecule has 1 unspecified atom stereocenters. The molecular formula is C13H15NO3. The molecule has 1 aromatic rings. The molecule has 2 aliphatic rings. The quantitative estimate of drug-likeness (QED) is 0.627. The molecule has 1 saturated heterocycles. The highest BCUT2D eigenvalue weighted by molar-refractivity contribution is 6.04. The number of aryl methyl sites for hydroxylation is 1. The van der Waals surface area contributed by atoms with Crippen molar-refractivity contribution < 1.29 is 14.7 Å². The van der Waals surface area contributed by atoms with Crippen molar-refractivity contribution in [3.63, 3.8) is 0 Å². The van der Waals surface area contributed by atoms with Gasteiger partial charge in [0.2, 0.25) is 0 Å². The first-order valence-electron chi connectivity index (χ1n) is 5.95. The first kappa shape index (κ1) is 10.6. The van der Waals surface area contributed by atoms with Crippen molar-refractivity contribution in [2.45, 2.75) is 25.4 Å². The second-order valence-corrected chi connectivity index (χ2v) is 4.47. The summed E-state index contributed by atoms with van der Waals surface area (Å²) in [7, 11) is 0. The highest BCUT2D eigenvalue weighted by Crippen LogP contribution is 2.27. The monoisotopic (exact) mass is 233 g/mol. The van der Waals surface area contributed by atoms with Crippen LogP contribution >= 0.6 is 0 Å². The van der Waals surface area contributed by atoms with Gasteiger partial charge in [0.05, 0.1) is 18.9 Å². The highest BCUT2D eigenvalue weighted by atomic mass is 16.5. The van der Waals surface area contributed by atoms with E-state index in [1.165, 1.54) is 5.56 Å². The van der Waals surface area contributed by atoms with E-state index >= 15 is 0 Å². The number of hydrogen-bond acceptors (Lipinski definition) is 4. The molecule has 1 aliphatic heterocycles. The Labute approximate surface area is 99.8 Å². The molecule has 0 radical (unpaired) electrons. The summed E-state index contributed by atoms with van der Waals surface area (Å²) in [6.45, 7) is 1.47. The number of rotatable bonds is 2. The van der Waals surface area contributed by atoms with E-state index in [2.05, 4.69) is 5.16 Å². The van der Waals surface area contributed by atoms with E-state index in [0.717, 1.165) is 42.9 Å². The van der Waals surface area contributed by atoms with E-state index < -0.39 is 0 Å². The minimum absolute atomic E-state index is 0.181. The van der Waals surface area contributed by atoms with E-state index in [1.54, 1.807) is 0 Å². The Morgan fingerprint density at radius 3 is 3.06 bits per heavy atom. The van der Waals surface area contributed by atoms with Gasteiger partial charge in [0.1, 0.15) is 11.9 Å². The Morgan fingerprint density at radius 2 is 2.29 bits per heavy atom. The van der Waals surface area contributed by atoms with Crippen molar-refractivity contribution in [1.82, 2.24) is 0 Å². The molecule has 17 heavy (non-hydrogen) atoms. The summed E-state index contributed by atoms with van der Waals surface area (Å²) in [5, 5.41) is 12.2. The largest absolute Gasteiger partial charge is 0.488 e. The molecule has 1 atom stereocenters. The lowest BCUT2D eigenvalue weighted by molar-refractivity contribution is 0.141. The molecule has 1 aromatic carbocycles. The van der Waals surface area contributed by atoms with Gasteiger partial charge < -0.3 is 14.7 Å². The van der Waals surface area contributed by atoms with Crippen LogP contribution in [0.15, 0.2) is 23.4 Å². The Balaban J connectivity index is 1.79. The molecule has 4 nitrogen and oxygen atoms in total. The maximum absolute atomic E-state index is 8.85. The van der Waals surface area contributed by atoms with Crippen LogP contribution in [-0.2, 0) is 11.2 Å². The average molecular weight is 233 g/mol. The van der Waals surface area contributed by atoms with Gasteiger partial charge in [-0.3, -0.25) is 0 Å². The van der Waals surface area contributed by atoms with Gasteiger partial charge in [0.15, 0.2) is 0 Å². The van der Waals surface area contributed by atoms with Crippen molar-refractivity contribution in [3.05, 3.63) is 29.3 Å². The molecule has 0 bridgehead atoms. The summed E-state index contributed by atoms with van der Waals surface area (Å²) in [4.78, 5) is 0. The zero-order valence-corrected chi connectivity index (χ0v) is 9.56. The van der Waals surface area contributed by atoms with Crippen molar-refractivity contribution in [2.24, 2.45) is 5.16 Å². The Bertz CT molecular complexity index is 450. The number of hydrogen-bond donors (Lipinski definition) is 1. The normalized spacial score (nSPS) is 25.2. The summed E-state index contributed by atoms with van der Waals surface area (Å²) in [6, 6.07) is 5.96. The van der Waals surface area contributed by atoms with Crippen LogP contribution in [-0.4, -0.2) is 30.2 Å². The van der Waals surface area contributed by atoms with Gasteiger partial charge in [-0.05, 0) is 36.6 Å². The van der Waals surface area contributed by atoms with Crippen molar-refractivity contribution >= 4 is 5.71 Å². The highest BCUT2D eigenvalue weighted by Gasteiger charge is 2.21. The third-order valence-corrected chi connectivity index (χ3v) is 3.33. The molecule has 90 valence electrons. The van der Waals surface area contributed by atoms with Crippen LogP contribution in [0.5, 0.6) is 5.75 Å². The summed E-state index contributed by atoms with van der Waals surface area (Å²) >= 11 is 0. The van der Waals surface area contributed by atoms with E-state index in [9.17, 15) is 0 Å². The molecule has 1 fully saturated rings. The first-order valence-corrected chi connectivity index (χ1v) is 5.95. The minimum Gasteiger partial charge on any atom is -0.488 e. The number of oxime groups is 1. The van der Waals surface area contributed by atoms with E-state index in [-0.39, 0.29) is 6.10 Å². The summed E-state index contributed by atoms with van der Waals surface area (Å²) in [6.07, 6.45) is 2.87. The molecule has 0 spiro atoms. The topological polar surface area (TPSA) is 51.1 Å². The third-order valence-electron chi connectivity index (χ3n) is 3.33. The number of fused-ring (bicyclic) bond motifs is 1. The SMILES string of the molecule is O/N=C1/CCc2cc(OC3CCOC3)ccc21. The Morgan fingerprint density at radius 1 is 1.35 bits per heavy atom. The van der Waals surface area contributed by atoms with Crippen molar-refractivity contribution in [3.8, 4) is 5.75 Å². The second kappa shape index (κ2) is 4.37. The Kier molecular flexibility index (Phi) is 2.73. The first-order chi connectivity index (χ1) is 8.36. The van der Waals surface area contributed by atoms with Gasteiger partial charge in [-0.25, -0.2) is 0 Å². The molecular weight excluding hydrogens is 218 g/mol. The Hall–Kier alpha value is -1.55. The van der Waals surface area contributed by atoms with Crippen molar-refractivity contribution in [1.29, 1.82) is 0 Å². The van der Waals surface area contributed by atoms with Crippen molar-refractivity contribution in [2.75, 3.05) is 13.2 Å². The zero-order chi connectivity index (χ0) is 11.7. The predicted molar refractivity (Wildman–Crippen MR) is 62.9 cm³/mol. The van der Waals surface area contributed by atoms with Crippen LogP contribution in [0.25, 0.3) is 0 Å². The smallest absolute Gasteiger partial charge is 0.124 e. The molecule has 4 heteroatoms. The van der Waals surface area contributed by atoms with Gasteiger partial charge in [-0.2, -0.15) is 0 Å². The number of nitrogens with zero attached hydrogens (tertiary/aromatic N) is 1. The molecule has 3 rings (SSSR count). The lowest BCUT2D eigenvalue weighted by atomic mass is 10.1. The molecule has 0 amide bonds. The third kappa shape index (κ3) is 2.00. The van der Waals surface area contributed by atoms with Gasteiger partial charge in [0.25, 0.3) is 0 Å². The molecule has 1 aliphatic carbocycles. The molecule has 0 aromatic heterocycles. The van der Waals surface area contributed by atoms with Crippen LogP contribution in [0.1, 0.15) is 24.0 Å². The van der Waals surface area contributed by atoms with Crippen LogP contribution in [0.2, 0.25) is 0 Å². The lowest BCUT2D eigenvalue weighted by Crippen LogP contribution is -2.15. The summed E-state index contributed by atoms with van der Waals surface area (Å²) in [5.41, 5.74) is 3.02. The van der Waals surface area contributed by atoms with Gasteiger partial charge in [0, 0.05) is 12.0 Å². The lowest BCUT2D eigenvalue weighted by Gasteiger charge is -2.12. The van der Waals surface area contributed by atoms with E-state index in [4.69, 9.17) is 14.7 Å². The summed E-state index contributed by atoms with van der Waals surface area (Å²) in [5.74, 6) is 0.887.